The largest absolute Gasteiger partial charge is 0.480 e. The molecule has 16 heteroatoms. The topological polar surface area (TPSA) is 114 Å². The minimum Gasteiger partial charge on any atom is -0.480 e. The average Bonchev–Trinajstić information content (AvgIpc) is 3.34. The van der Waals surface area contributed by atoms with Crippen LogP contribution in [-0.2, 0) is 11.0 Å². The van der Waals surface area contributed by atoms with E-state index in [4.69, 9.17) is 22.1 Å². The fourth-order valence-electron chi connectivity index (χ4n) is 5.68. The number of ether oxygens (including phenoxy) is 1. The van der Waals surface area contributed by atoms with Gasteiger partial charge in [-0.3, -0.25) is 4.79 Å². The number of benzene rings is 2. The van der Waals surface area contributed by atoms with Crippen LogP contribution in [0.1, 0.15) is 36.5 Å². The molecule has 1 spiro atoms. The third-order valence-electron chi connectivity index (χ3n) is 7.88. The maximum absolute atomic E-state index is 14.5. The van der Waals surface area contributed by atoms with Gasteiger partial charge >= 0.3 is 18.3 Å². The highest BCUT2D eigenvalue weighted by Crippen LogP contribution is 2.44. The molecule has 0 saturated carbocycles. The maximum atomic E-state index is 14.5. The van der Waals surface area contributed by atoms with E-state index < -0.39 is 64.4 Å². The first-order chi connectivity index (χ1) is 20.5. The van der Waals surface area contributed by atoms with Crippen molar-refractivity contribution in [3.63, 3.8) is 0 Å². The van der Waals surface area contributed by atoms with Gasteiger partial charge in [0.05, 0.1) is 5.56 Å². The molecule has 44 heavy (non-hydrogen) atoms. The Balaban J connectivity index is 1.45. The van der Waals surface area contributed by atoms with E-state index in [9.17, 15) is 40.6 Å². The Hall–Kier alpha value is -3.85. The van der Waals surface area contributed by atoms with Gasteiger partial charge in [-0.1, -0.05) is 17.7 Å². The second-order valence-corrected chi connectivity index (χ2v) is 11.3. The molecule has 236 valence electrons. The Morgan fingerprint density at radius 2 is 1.80 bits per heavy atom. The predicted octanol–water partition coefficient (Wildman–Crippen LogP) is 6.25. The summed E-state index contributed by atoms with van der Waals surface area (Å²) >= 11 is 6.00. The summed E-state index contributed by atoms with van der Waals surface area (Å²) in [6.07, 6.45) is -11.2. The standard InChI is InChI=1S/C28H25ClF7N5O3/c29-16-1-2-18(19(10-16)14-7-15(27(31,32)33)9-17(30)8-14)23(28(34,35)36)44-22-11-21(39-25(37)40-22)41-5-3-26(4-6-41)12-20(24(42)43)38-13-26/h1-2,7-11,20,23,38H,3-6,12-13H2,(H,42,43)(H2,37,39,40)/t20-,23+/m0/s1. The molecule has 2 aliphatic heterocycles. The Morgan fingerprint density at radius 1 is 1.09 bits per heavy atom. The first kappa shape index (κ1) is 31.6. The number of carbonyl (C=O) groups is 1. The number of nitrogens with two attached hydrogens (primary N) is 1. The van der Waals surface area contributed by atoms with E-state index >= 15 is 0 Å². The zero-order valence-electron chi connectivity index (χ0n) is 22.6. The number of anilines is 2. The van der Waals surface area contributed by atoms with Crippen LogP contribution in [0.25, 0.3) is 11.1 Å². The quantitative estimate of drug-likeness (QED) is 0.269. The van der Waals surface area contributed by atoms with Crippen molar-refractivity contribution in [1.29, 1.82) is 0 Å². The fourth-order valence-corrected chi connectivity index (χ4v) is 5.85. The van der Waals surface area contributed by atoms with Crippen LogP contribution in [0.15, 0.2) is 42.5 Å². The van der Waals surface area contributed by atoms with Crippen molar-refractivity contribution in [3.8, 4) is 17.0 Å². The number of hydrogen-bond acceptors (Lipinski definition) is 7. The van der Waals surface area contributed by atoms with Crippen molar-refractivity contribution < 1.29 is 45.4 Å². The van der Waals surface area contributed by atoms with Gasteiger partial charge in [0.2, 0.25) is 17.9 Å². The Bertz CT molecular complexity index is 1560. The number of nitrogen functional groups attached to an aromatic ring is 1. The molecule has 0 amide bonds. The molecule has 2 aromatic carbocycles. The molecule has 1 aromatic heterocycles. The van der Waals surface area contributed by atoms with Crippen LogP contribution >= 0.6 is 11.6 Å². The molecule has 3 aromatic rings. The molecule has 8 nitrogen and oxygen atoms in total. The number of hydrogen-bond donors (Lipinski definition) is 3. The number of rotatable bonds is 6. The van der Waals surface area contributed by atoms with Gasteiger partial charge in [0, 0.05) is 36.3 Å². The summed E-state index contributed by atoms with van der Waals surface area (Å²) in [4.78, 5) is 21.1. The Morgan fingerprint density at radius 3 is 2.41 bits per heavy atom. The molecular weight excluding hydrogens is 623 g/mol. The molecule has 0 bridgehead atoms. The molecule has 0 radical (unpaired) electrons. The van der Waals surface area contributed by atoms with Crippen LogP contribution in [0.4, 0.5) is 42.5 Å². The molecular formula is C28H25ClF7N5O3. The van der Waals surface area contributed by atoms with Crippen molar-refractivity contribution in [2.24, 2.45) is 5.41 Å². The summed E-state index contributed by atoms with van der Waals surface area (Å²) in [6, 6.07) is 4.96. The second kappa shape index (κ2) is 11.6. The van der Waals surface area contributed by atoms with Crippen LogP contribution in [-0.4, -0.2) is 52.9 Å². The minimum atomic E-state index is -5.11. The summed E-state index contributed by atoms with van der Waals surface area (Å²) < 4.78 is 103. The number of halogens is 8. The molecule has 0 aliphatic carbocycles. The number of piperidine rings is 1. The predicted molar refractivity (Wildman–Crippen MR) is 146 cm³/mol. The summed E-state index contributed by atoms with van der Waals surface area (Å²) in [5.74, 6) is -3.01. The molecule has 2 saturated heterocycles. The zero-order valence-corrected chi connectivity index (χ0v) is 23.4. The zero-order chi connectivity index (χ0) is 32.0. The van der Waals surface area contributed by atoms with E-state index in [1.165, 1.54) is 6.07 Å². The smallest absolute Gasteiger partial charge is 0.429 e. The number of carboxylic acids is 1. The van der Waals surface area contributed by atoms with Gasteiger partial charge in [-0.15, -0.1) is 0 Å². The Kier molecular flexibility index (Phi) is 8.31. The molecule has 2 atom stereocenters. The first-order valence-corrected chi connectivity index (χ1v) is 13.7. The van der Waals surface area contributed by atoms with Gasteiger partial charge in [-0.25, -0.2) is 4.39 Å². The van der Waals surface area contributed by atoms with Crippen molar-refractivity contribution in [2.75, 3.05) is 30.3 Å². The fraction of sp³-hybridized carbons (Fsp3) is 0.393. The number of aliphatic carboxylic acids is 1. The normalized spacial score (nSPS) is 19.3. The van der Waals surface area contributed by atoms with Gasteiger partial charge in [-0.2, -0.15) is 36.3 Å². The van der Waals surface area contributed by atoms with Gasteiger partial charge in [0.1, 0.15) is 17.7 Å². The van der Waals surface area contributed by atoms with E-state index in [0.29, 0.717) is 51.0 Å². The molecule has 3 heterocycles. The second-order valence-electron chi connectivity index (χ2n) is 10.9. The molecule has 0 unspecified atom stereocenters. The van der Waals surface area contributed by atoms with Gasteiger partial charge in [-0.05, 0) is 66.1 Å². The highest BCUT2D eigenvalue weighted by molar-refractivity contribution is 6.30. The third-order valence-corrected chi connectivity index (χ3v) is 8.12. The van der Waals surface area contributed by atoms with Crippen LogP contribution < -0.4 is 20.7 Å². The lowest BCUT2D eigenvalue weighted by Crippen LogP contribution is -2.41. The van der Waals surface area contributed by atoms with Crippen LogP contribution in [0, 0.1) is 11.2 Å². The average molecular weight is 648 g/mol. The minimum absolute atomic E-state index is 0.105. The molecule has 5 rings (SSSR count). The van der Waals surface area contributed by atoms with Crippen molar-refractivity contribution >= 4 is 29.3 Å². The summed E-state index contributed by atoms with van der Waals surface area (Å²) in [6.45, 7) is 1.34. The number of nitrogens with one attached hydrogen (secondary N) is 1. The monoisotopic (exact) mass is 647 g/mol. The van der Waals surface area contributed by atoms with Crippen LogP contribution in [0.5, 0.6) is 5.88 Å². The van der Waals surface area contributed by atoms with Crippen LogP contribution in [0.3, 0.4) is 0 Å². The van der Waals surface area contributed by atoms with E-state index in [1.807, 2.05) is 0 Å². The lowest BCUT2D eigenvalue weighted by atomic mass is 9.76. The molecule has 4 N–H and O–H groups in total. The lowest BCUT2D eigenvalue weighted by molar-refractivity contribution is -0.198. The Labute approximate surface area is 251 Å². The van der Waals surface area contributed by atoms with Gasteiger partial charge < -0.3 is 25.8 Å². The summed E-state index contributed by atoms with van der Waals surface area (Å²) in [7, 11) is 0. The van der Waals surface area contributed by atoms with Crippen molar-refractivity contribution in [3.05, 3.63) is 64.4 Å². The lowest BCUT2D eigenvalue weighted by Gasteiger charge is -2.39. The highest BCUT2D eigenvalue weighted by atomic mass is 35.5. The number of alkyl halides is 6. The third kappa shape index (κ3) is 6.78. The van der Waals surface area contributed by atoms with E-state index in [2.05, 4.69) is 15.3 Å². The number of aromatic nitrogens is 2. The molecule has 2 aliphatic rings. The van der Waals surface area contributed by atoms with E-state index in [0.717, 1.165) is 18.2 Å². The first-order valence-electron chi connectivity index (χ1n) is 13.3. The van der Waals surface area contributed by atoms with Crippen LogP contribution in [0.2, 0.25) is 5.02 Å². The van der Waals surface area contributed by atoms with Crippen molar-refractivity contribution in [1.82, 2.24) is 15.3 Å². The SMILES string of the molecule is Nc1nc(O[C@H](c2ccc(Cl)cc2-c2cc(F)cc(C(F)(F)F)c2)C(F)(F)F)cc(N2CCC3(CC2)CN[C@H](C(=O)O)C3)n1. The highest BCUT2D eigenvalue weighted by Gasteiger charge is 2.46. The summed E-state index contributed by atoms with van der Waals surface area (Å²) in [5, 5.41) is 12.2. The van der Waals surface area contributed by atoms with Gasteiger partial charge in [0.25, 0.3) is 0 Å². The maximum Gasteiger partial charge on any atom is 0.429 e. The number of nitrogens with zero attached hydrogens (tertiary/aromatic N) is 3. The summed E-state index contributed by atoms with van der Waals surface area (Å²) in [5.41, 5.74) is 2.61. The van der Waals surface area contributed by atoms with Gasteiger partial charge in [0.15, 0.2) is 0 Å². The van der Waals surface area contributed by atoms with Crippen molar-refractivity contribution in [2.45, 2.75) is 43.8 Å². The molecule has 2 fully saturated rings. The number of carboxylic acid groups (broad SMARTS) is 1. The van der Waals surface area contributed by atoms with E-state index in [1.54, 1.807) is 4.90 Å². The van der Waals surface area contributed by atoms with E-state index in [-0.39, 0.29) is 28.3 Å².